The average Bonchev–Trinajstić information content (AvgIpc) is 3.14. The highest BCUT2D eigenvalue weighted by molar-refractivity contribution is 5.96. The number of hydrogen-bond acceptors (Lipinski definition) is 6. The molecule has 0 saturated carbocycles. The van der Waals surface area contributed by atoms with Gasteiger partial charge in [0.1, 0.15) is 23.2 Å². The van der Waals surface area contributed by atoms with Gasteiger partial charge < -0.3 is 20.5 Å². The third kappa shape index (κ3) is 6.69. The Morgan fingerprint density at radius 1 is 1.20 bits per heavy atom. The molecule has 2 atom stereocenters. The molecule has 3 rings (SSSR count). The standard InChI is InChI=1S/C12H15N3O3.C7H6F3NO/c1-7-2-3-10(18-7)12(17)15-8-4-5-14-9(6-8)11(13)16;1-12-5-2-3-11-6(4-5)7(8,9)10/h4-7,10H,2-3H2,1H3,(H2,13,16)(H,14,15,17);2-4H,1H3. The molecule has 8 nitrogen and oxygen atoms in total. The zero-order valence-corrected chi connectivity index (χ0v) is 16.3. The van der Waals surface area contributed by atoms with Crippen molar-refractivity contribution in [1.82, 2.24) is 9.97 Å². The number of carbonyl (C=O) groups is 2. The first-order valence-corrected chi connectivity index (χ1v) is 8.89. The number of anilines is 1. The van der Waals surface area contributed by atoms with E-state index in [2.05, 4.69) is 20.0 Å². The van der Waals surface area contributed by atoms with Gasteiger partial charge >= 0.3 is 6.18 Å². The van der Waals surface area contributed by atoms with E-state index in [1.165, 1.54) is 25.4 Å². The number of alkyl halides is 3. The van der Waals surface area contributed by atoms with Crippen molar-refractivity contribution in [3.8, 4) is 5.75 Å². The van der Waals surface area contributed by atoms with Crippen molar-refractivity contribution in [2.24, 2.45) is 5.73 Å². The van der Waals surface area contributed by atoms with Crippen LogP contribution in [0.15, 0.2) is 36.7 Å². The lowest BCUT2D eigenvalue weighted by Crippen LogP contribution is -2.28. The third-order valence-corrected chi connectivity index (χ3v) is 4.06. The normalized spacial score (nSPS) is 18.2. The molecule has 1 aliphatic rings. The molecule has 30 heavy (non-hydrogen) atoms. The molecule has 0 radical (unpaired) electrons. The van der Waals surface area contributed by atoms with Gasteiger partial charge in [-0.3, -0.25) is 19.6 Å². The van der Waals surface area contributed by atoms with Gasteiger partial charge in [0, 0.05) is 24.1 Å². The SMILES string of the molecule is CC1CCC(C(=O)Nc2ccnc(C(N)=O)c2)O1.COc1ccnc(C(F)(F)F)c1. The summed E-state index contributed by atoms with van der Waals surface area (Å²) in [7, 11) is 1.30. The molecule has 162 valence electrons. The molecule has 11 heteroatoms. The number of pyridine rings is 2. The Labute approximate surface area is 170 Å². The van der Waals surface area contributed by atoms with Crippen molar-refractivity contribution in [3.05, 3.63) is 48.0 Å². The van der Waals surface area contributed by atoms with E-state index in [0.29, 0.717) is 12.1 Å². The Morgan fingerprint density at radius 3 is 2.47 bits per heavy atom. The van der Waals surface area contributed by atoms with E-state index in [9.17, 15) is 22.8 Å². The highest BCUT2D eigenvalue weighted by Crippen LogP contribution is 2.29. The second-order valence-electron chi connectivity index (χ2n) is 6.37. The zero-order valence-electron chi connectivity index (χ0n) is 16.3. The summed E-state index contributed by atoms with van der Waals surface area (Å²) in [5.41, 5.74) is 4.78. The lowest BCUT2D eigenvalue weighted by molar-refractivity contribution is -0.141. The number of aromatic nitrogens is 2. The topological polar surface area (TPSA) is 116 Å². The van der Waals surface area contributed by atoms with Crippen molar-refractivity contribution in [2.45, 2.75) is 38.1 Å². The third-order valence-electron chi connectivity index (χ3n) is 4.06. The Balaban J connectivity index is 0.000000232. The lowest BCUT2D eigenvalue weighted by atomic mass is 10.2. The highest BCUT2D eigenvalue weighted by Gasteiger charge is 2.32. The number of primary amides is 1. The fraction of sp³-hybridized carbons (Fsp3) is 0.368. The molecule has 1 saturated heterocycles. The predicted octanol–water partition coefficient (Wildman–Crippen LogP) is 2.80. The van der Waals surface area contributed by atoms with Crippen LogP contribution in [0.3, 0.4) is 0 Å². The van der Waals surface area contributed by atoms with Gasteiger partial charge in [-0.25, -0.2) is 0 Å². The van der Waals surface area contributed by atoms with Gasteiger partial charge in [-0.15, -0.1) is 0 Å². The fourth-order valence-electron chi connectivity index (χ4n) is 2.55. The summed E-state index contributed by atoms with van der Waals surface area (Å²) >= 11 is 0. The van der Waals surface area contributed by atoms with Crippen LogP contribution >= 0.6 is 0 Å². The molecule has 2 aromatic rings. The Morgan fingerprint density at radius 2 is 1.90 bits per heavy atom. The van der Waals surface area contributed by atoms with Crippen molar-refractivity contribution in [2.75, 3.05) is 12.4 Å². The Hall–Kier alpha value is -3.21. The number of halogens is 3. The number of carbonyl (C=O) groups excluding carboxylic acids is 2. The number of hydrogen-bond donors (Lipinski definition) is 2. The van der Waals surface area contributed by atoms with Crippen LogP contribution in [-0.4, -0.2) is 41.1 Å². The molecular formula is C19H21F3N4O4. The van der Waals surface area contributed by atoms with Crippen LogP contribution in [0, 0.1) is 0 Å². The van der Waals surface area contributed by atoms with Crippen LogP contribution < -0.4 is 15.8 Å². The number of ether oxygens (including phenoxy) is 2. The summed E-state index contributed by atoms with van der Waals surface area (Å²) in [6.45, 7) is 1.94. The van der Waals surface area contributed by atoms with E-state index in [1.54, 1.807) is 6.07 Å². The van der Waals surface area contributed by atoms with Crippen LogP contribution in [0.25, 0.3) is 0 Å². The van der Waals surface area contributed by atoms with Crippen molar-refractivity contribution < 1.29 is 32.2 Å². The second kappa shape index (κ2) is 10.0. The predicted molar refractivity (Wildman–Crippen MR) is 101 cm³/mol. The van der Waals surface area contributed by atoms with E-state index < -0.39 is 23.9 Å². The lowest BCUT2D eigenvalue weighted by Gasteiger charge is -2.11. The van der Waals surface area contributed by atoms with E-state index in [-0.39, 0.29) is 23.5 Å². The smallest absolute Gasteiger partial charge is 0.433 e. The summed E-state index contributed by atoms with van der Waals surface area (Å²) in [4.78, 5) is 29.8. The van der Waals surface area contributed by atoms with Gasteiger partial charge in [0.15, 0.2) is 0 Å². The Bertz CT molecular complexity index is 892. The Kier molecular flexibility index (Phi) is 7.70. The molecule has 2 amide bonds. The van der Waals surface area contributed by atoms with Gasteiger partial charge in [0.2, 0.25) is 0 Å². The minimum Gasteiger partial charge on any atom is -0.497 e. The minimum absolute atomic E-state index is 0.111. The van der Waals surface area contributed by atoms with Crippen molar-refractivity contribution >= 4 is 17.5 Å². The largest absolute Gasteiger partial charge is 0.497 e. The highest BCUT2D eigenvalue weighted by atomic mass is 19.4. The van der Waals surface area contributed by atoms with Gasteiger partial charge in [0.05, 0.1) is 13.2 Å². The van der Waals surface area contributed by atoms with E-state index in [4.69, 9.17) is 10.5 Å². The molecule has 0 aliphatic carbocycles. The summed E-state index contributed by atoms with van der Waals surface area (Å²) < 4.78 is 46.0. The zero-order chi connectivity index (χ0) is 22.3. The maximum Gasteiger partial charge on any atom is 0.433 e. The first-order valence-electron chi connectivity index (χ1n) is 8.89. The van der Waals surface area contributed by atoms with Crippen LogP contribution in [0.5, 0.6) is 5.75 Å². The number of nitrogens with one attached hydrogen (secondary N) is 1. The average molecular weight is 426 g/mol. The van der Waals surface area contributed by atoms with E-state index >= 15 is 0 Å². The van der Waals surface area contributed by atoms with Crippen LogP contribution in [0.1, 0.15) is 35.9 Å². The van der Waals surface area contributed by atoms with Gasteiger partial charge in [-0.2, -0.15) is 13.2 Å². The van der Waals surface area contributed by atoms with Gasteiger partial charge in [-0.05, 0) is 38.0 Å². The molecule has 3 heterocycles. The molecule has 3 N–H and O–H groups in total. The van der Waals surface area contributed by atoms with E-state index in [0.717, 1.165) is 18.7 Å². The molecule has 1 fully saturated rings. The van der Waals surface area contributed by atoms with Crippen molar-refractivity contribution in [1.29, 1.82) is 0 Å². The molecule has 0 aromatic carbocycles. The minimum atomic E-state index is -4.41. The molecule has 0 bridgehead atoms. The molecular weight excluding hydrogens is 405 g/mol. The molecule has 2 unspecified atom stereocenters. The first kappa shape index (κ1) is 23.1. The monoisotopic (exact) mass is 426 g/mol. The quantitative estimate of drug-likeness (QED) is 0.777. The summed E-state index contributed by atoms with van der Waals surface area (Å²) in [5.74, 6) is -0.685. The maximum absolute atomic E-state index is 12.0. The van der Waals surface area contributed by atoms with Crippen LogP contribution in [0.2, 0.25) is 0 Å². The number of nitrogens with zero attached hydrogens (tertiary/aromatic N) is 2. The van der Waals surface area contributed by atoms with Gasteiger partial charge in [0.25, 0.3) is 11.8 Å². The molecule has 0 spiro atoms. The summed E-state index contributed by atoms with van der Waals surface area (Å²) in [6.07, 6.45) is -0.657. The number of methoxy groups -OCH3 is 1. The maximum atomic E-state index is 12.0. The number of rotatable bonds is 4. The van der Waals surface area contributed by atoms with Crippen LogP contribution in [0.4, 0.5) is 18.9 Å². The number of nitrogens with two attached hydrogens (primary N) is 1. The van der Waals surface area contributed by atoms with Gasteiger partial charge in [-0.1, -0.05) is 0 Å². The first-order chi connectivity index (χ1) is 14.1. The van der Waals surface area contributed by atoms with Crippen molar-refractivity contribution in [3.63, 3.8) is 0 Å². The molecule has 2 aromatic heterocycles. The molecule has 1 aliphatic heterocycles. The summed E-state index contributed by atoms with van der Waals surface area (Å²) in [5, 5.41) is 2.69. The number of amides is 2. The summed E-state index contributed by atoms with van der Waals surface area (Å²) in [6, 6.07) is 5.25. The second-order valence-corrected chi connectivity index (χ2v) is 6.37. The fourth-order valence-corrected chi connectivity index (χ4v) is 2.55. The van der Waals surface area contributed by atoms with E-state index in [1.807, 2.05) is 6.92 Å². The van der Waals surface area contributed by atoms with Crippen LogP contribution in [-0.2, 0) is 15.7 Å².